The summed E-state index contributed by atoms with van der Waals surface area (Å²) in [6.45, 7) is 3.95. The highest BCUT2D eigenvalue weighted by atomic mass is 35.5. The maximum Gasteiger partial charge on any atom is 0.302 e. The second-order valence-corrected chi connectivity index (χ2v) is 9.36. The van der Waals surface area contributed by atoms with E-state index in [1.54, 1.807) is 12.1 Å². The van der Waals surface area contributed by atoms with E-state index in [1.807, 2.05) is 6.07 Å². The number of hydrogen-bond donors (Lipinski definition) is 2. The molecule has 31 heavy (non-hydrogen) atoms. The summed E-state index contributed by atoms with van der Waals surface area (Å²) in [6, 6.07) is 9.13. The molecular weight excluding hydrogens is 449 g/mol. The number of thiocarbonyl (C=S) groups is 1. The van der Waals surface area contributed by atoms with E-state index in [-0.39, 0.29) is 23.2 Å². The van der Waals surface area contributed by atoms with E-state index in [0.29, 0.717) is 23.1 Å². The number of nitrogens with one attached hydrogen (secondary N) is 2. The highest BCUT2D eigenvalue weighted by Crippen LogP contribution is 2.48. The van der Waals surface area contributed by atoms with Crippen LogP contribution in [0.15, 0.2) is 36.4 Å². The summed E-state index contributed by atoms with van der Waals surface area (Å²) in [7, 11) is 0. The van der Waals surface area contributed by atoms with Gasteiger partial charge in [-0.3, -0.25) is 0 Å². The zero-order valence-corrected chi connectivity index (χ0v) is 18.8. The minimum absolute atomic E-state index is 0.0838. The van der Waals surface area contributed by atoms with Crippen LogP contribution in [0.2, 0.25) is 5.02 Å². The Labute approximate surface area is 189 Å². The largest absolute Gasteiger partial charge is 0.491 e. The summed E-state index contributed by atoms with van der Waals surface area (Å²) in [5, 5.41) is 6.45. The Morgan fingerprint density at radius 2 is 1.90 bits per heavy atom. The van der Waals surface area contributed by atoms with Crippen molar-refractivity contribution in [3.8, 4) is 5.75 Å². The van der Waals surface area contributed by atoms with E-state index in [2.05, 4.69) is 10.6 Å². The summed E-state index contributed by atoms with van der Waals surface area (Å²) < 4.78 is 57.2. The van der Waals surface area contributed by atoms with Crippen molar-refractivity contribution in [3.05, 3.63) is 58.4 Å². The molecule has 2 N–H and O–H groups in total. The van der Waals surface area contributed by atoms with E-state index in [1.165, 1.54) is 39.0 Å². The van der Waals surface area contributed by atoms with Gasteiger partial charge in [-0.25, -0.2) is 13.2 Å². The Morgan fingerprint density at radius 3 is 2.65 bits per heavy atom. The normalized spacial score (nSPS) is 26.4. The van der Waals surface area contributed by atoms with Crippen LogP contribution in [0.1, 0.15) is 37.9 Å². The average molecular weight is 471 g/mol. The van der Waals surface area contributed by atoms with Gasteiger partial charge in [-0.05, 0) is 51.1 Å². The molecular formula is C22H22ClF3N2O2S. The number of benzene rings is 2. The van der Waals surface area contributed by atoms with E-state index in [0.717, 1.165) is 5.56 Å². The maximum absolute atomic E-state index is 15.6. The lowest BCUT2D eigenvalue weighted by Crippen LogP contribution is -2.62. The van der Waals surface area contributed by atoms with Crippen LogP contribution < -0.4 is 15.4 Å². The molecule has 0 aliphatic carbocycles. The zero-order valence-electron chi connectivity index (χ0n) is 17.2. The molecule has 2 heterocycles. The molecule has 2 aromatic carbocycles. The first-order chi connectivity index (χ1) is 14.4. The zero-order chi connectivity index (χ0) is 22.6. The molecule has 2 aliphatic heterocycles. The number of fused-ring (bicyclic) bond motifs is 1. The monoisotopic (exact) mass is 470 g/mol. The number of alkyl halides is 2. The van der Waals surface area contributed by atoms with Gasteiger partial charge >= 0.3 is 5.92 Å². The summed E-state index contributed by atoms with van der Waals surface area (Å²) in [5.74, 6) is -3.60. The molecule has 2 atom stereocenters. The average Bonchev–Trinajstić information content (AvgIpc) is 3.06. The second-order valence-electron chi connectivity index (χ2n) is 8.43. The fourth-order valence-corrected chi connectivity index (χ4v) is 4.50. The van der Waals surface area contributed by atoms with Crippen molar-refractivity contribution in [2.45, 2.75) is 43.9 Å². The lowest BCUT2D eigenvalue weighted by molar-refractivity contribution is -0.216. The van der Waals surface area contributed by atoms with Crippen LogP contribution in [-0.2, 0) is 10.3 Å². The molecule has 2 aliphatic rings. The van der Waals surface area contributed by atoms with E-state index < -0.39 is 22.9 Å². The van der Waals surface area contributed by atoms with E-state index in [9.17, 15) is 4.39 Å². The highest BCUT2D eigenvalue weighted by molar-refractivity contribution is 7.80. The van der Waals surface area contributed by atoms with Crippen LogP contribution in [0.5, 0.6) is 5.75 Å². The number of hydrogen-bond acceptors (Lipinski definition) is 4. The van der Waals surface area contributed by atoms with Gasteiger partial charge in [0.15, 0.2) is 0 Å². The van der Waals surface area contributed by atoms with Crippen molar-refractivity contribution in [1.82, 2.24) is 5.32 Å². The molecule has 2 aromatic rings. The van der Waals surface area contributed by atoms with Crippen molar-refractivity contribution < 1.29 is 22.6 Å². The number of rotatable bonds is 3. The number of anilines is 1. The molecule has 0 aromatic heterocycles. The van der Waals surface area contributed by atoms with Gasteiger partial charge in [-0.2, -0.15) is 0 Å². The van der Waals surface area contributed by atoms with Crippen molar-refractivity contribution in [1.29, 1.82) is 0 Å². The van der Waals surface area contributed by atoms with Gasteiger partial charge in [0, 0.05) is 21.8 Å². The Kier molecular flexibility index (Phi) is 5.39. The molecule has 9 heteroatoms. The third-order valence-electron chi connectivity index (χ3n) is 5.94. The molecule has 4 rings (SSSR count). The first kappa shape index (κ1) is 22.2. The minimum Gasteiger partial charge on any atom is -0.491 e. The van der Waals surface area contributed by atoms with Crippen LogP contribution in [0, 0.1) is 5.82 Å². The second kappa shape index (κ2) is 7.53. The van der Waals surface area contributed by atoms with Crippen LogP contribution in [0.4, 0.5) is 18.9 Å². The number of ether oxygens (including phenoxy) is 2. The Bertz CT molecular complexity index is 1050. The summed E-state index contributed by atoms with van der Waals surface area (Å²) in [5.41, 5.74) is -2.85. The summed E-state index contributed by atoms with van der Waals surface area (Å²) in [4.78, 5) is 0.0838. The molecule has 1 fully saturated rings. The van der Waals surface area contributed by atoms with Gasteiger partial charge in [0.05, 0.1) is 12.6 Å². The topological polar surface area (TPSA) is 42.5 Å². The van der Waals surface area contributed by atoms with Gasteiger partial charge in [0.1, 0.15) is 34.3 Å². The first-order valence-corrected chi connectivity index (χ1v) is 10.5. The molecule has 166 valence electrons. The van der Waals surface area contributed by atoms with Gasteiger partial charge in [-0.15, -0.1) is 0 Å². The molecule has 0 radical (unpaired) electrons. The van der Waals surface area contributed by atoms with Crippen molar-refractivity contribution >= 4 is 34.5 Å². The van der Waals surface area contributed by atoms with Gasteiger partial charge in [0.2, 0.25) is 0 Å². The Hall–Kier alpha value is -2.03. The summed E-state index contributed by atoms with van der Waals surface area (Å²) in [6.07, 6.45) is 0. The fourth-order valence-electron chi connectivity index (χ4n) is 4.07. The Balaban J connectivity index is 1.72. The van der Waals surface area contributed by atoms with Crippen LogP contribution in [0.25, 0.3) is 0 Å². The quantitative estimate of drug-likeness (QED) is 0.571. The molecule has 2 unspecified atom stereocenters. The molecule has 0 bridgehead atoms. The molecule has 0 amide bonds. The highest BCUT2D eigenvalue weighted by Gasteiger charge is 2.64. The molecule has 0 spiro atoms. The Morgan fingerprint density at radius 1 is 1.16 bits per heavy atom. The summed E-state index contributed by atoms with van der Waals surface area (Å²) >= 11 is 11.2. The molecule has 4 nitrogen and oxygen atoms in total. The van der Waals surface area contributed by atoms with Gasteiger partial charge in [0.25, 0.3) is 0 Å². The van der Waals surface area contributed by atoms with Crippen LogP contribution in [-0.4, -0.2) is 29.7 Å². The van der Waals surface area contributed by atoms with Crippen LogP contribution >= 0.6 is 23.8 Å². The standard InChI is InChI=1S/C22H22ClF3N2O2S/c1-20(2)22(25,26)21(3,28-19(31)11-30-20)15-9-13(5-7-16(15)24)27-17-10-29-18-8-12(23)4-6-14(17)18/h4-9,17,27H,10-11H2,1-3H3,(H,28,31). The first-order valence-electron chi connectivity index (χ1n) is 9.76. The molecule has 0 saturated carbocycles. The lowest BCUT2D eigenvalue weighted by Gasteiger charge is -2.44. The third-order valence-corrected chi connectivity index (χ3v) is 6.40. The smallest absolute Gasteiger partial charge is 0.302 e. The predicted molar refractivity (Wildman–Crippen MR) is 118 cm³/mol. The maximum atomic E-state index is 15.6. The van der Waals surface area contributed by atoms with Crippen molar-refractivity contribution in [3.63, 3.8) is 0 Å². The van der Waals surface area contributed by atoms with Gasteiger partial charge < -0.3 is 20.1 Å². The van der Waals surface area contributed by atoms with Crippen LogP contribution in [0.3, 0.4) is 0 Å². The predicted octanol–water partition coefficient (Wildman–Crippen LogP) is 5.60. The third kappa shape index (κ3) is 3.64. The number of halogens is 4. The van der Waals surface area contributed by atoms with Gasteiger partial charge in [-0.1, -0.05) is 29.9 Å². The minimum atomic E-state index is -3.49. The molecule has 1 saturated heterocycles. The van der Waals surface area contributed by atoms with Crippen molar-refractivity contribution in [2.75, 3.05) is 18.5 Å². The van der Waals surface area contributed by atoms with E-state index >= 15 is 8.78 Å². The fraction of sp³-hybridized carbons (Fsp3) is 0.409. The van der Waals surface area contributed by atoms with E-state index in [4.69, 9.17) is 33.3 Å². The SMILES string of the molecule is CC1(C)OCC(=S)NC(C)(c2cc(NC3COc4cc(Cl)ccc43)ccc2F)C1(F)F. The lowest BCUT2D eigenvalue weighted by atomic mass is 9.77. The van der Waals surface area contributed by atoms with Crippen molar-refractivity contribution in [2.24, 2.45) is 0 Å².